The van der Waals surface area contributed by atoms with Crippen LogP contribution in [0.25, 0.3) is 55.3 Å². The number of hydrogen-bond donors (Lipinski definition) is 0. The van der Waals surface area contributed by atoms with Gasteiger partial charge in [-0.15, -0.1) is 0 Å². The highest BCUT2D eigenvalue weighted by Gasteiger charge is 2.53. The van der Waals surface area contributed by atoms with Crippen LogP contribution in [-0.4, -0.2) is 0 Å². The highest BCUT2D eigenvalue weighted by Crippen LogP contribution is 2.65. The average molecular weight is 972 g/mol. The second-order valence-corrected chi connectivity index (χ2v) is 21.3. The Labute approximate surface area is 440 Å². The number of fused-ring (bicyclic) bond motifs is 19. The summed E-state index contributed by atoms with van der Waals surface area (Å²) >= 11 is 1.89. The van der Waals surface area contributed by atoms with E-state index in [-0.39, 0.29) is 0 Å². The molecule has 2 aliphatic heterocycles. The van der Waals surface area contributed by atoms with Gasteiger partial charge in [-0.2, -0.15) is 0 Å². The fraction of sp³-hybridized carbons (Fsp3) is 0.0278. The minimum atomic E-state index is -0.634. The second-order valence-electron chi connectivity index (χ2n) is 20.2. The summed E-state index contributed by atoms with van der Waals surface area (Å²) in [6, 6.07) is 102. The van der Waals surface area contributed by atoms with Gasteiger partial charge in [0.05, 0.1) is 16.5 Å². The minimum absolute atomic E-state index is 0.583. The van der Waals surface area contributed by atoms with Crippen molar-refractivity contribution in [3.05, 3.63) is 317 Å². The largest absolute Gasteiger partial charge is 0.457 e. The first-order chi connectivity index (χ1) is 37.2. The van der Waals surface area contributed by atoms with E-state index in [1.807, 2.05) is 11.8 Å². The lowest BCUT2D eigenvalue weighted by atomic mass is 9.66. The molecule has 4 aliphatic rings. The molecular formula is C72H45NOS. The van der Waals surface area contributed by atoms with Crippen molar-refractivity contribution in [3.63, 3.8) is 0 Å². The van der Waals surface area contributed by atoms with Crippen LogP contribution in [0.1, 0.15) is 44.5 Å². The number of hydrogen-bond acceptors (Lipinski definition) is 3. The number of benzene rings is 12. The molecule has 350 valence electrons. The van der Waals surface area contributed by atoms with Crippen molar-refractivity contribution in [2.75, 3.05) is 4.90 Å². The highest BCUT2D eigenvalue weighted by atomic mass is 32.2. The standard InChI is InChI=1S/C72H45NOS/c1-2-18-46(19-3-1)47-34-36-48(37-35-47)53-22-7-13-29-66(53)73(51-38-40-55-54-23-6-8-24-58(54)71(64(55)44-51)59-25-9-14-30-67(59)74-68-31-15-10-26-60(68)71)52-39-41-56-57-42-49-20-4-5-21-50(49)43-63(57)72(65(56)45-52)61-27-11-16-32-69(61)75-70-33-17-12-28-62(70)72/h1-45H. The quantitative estimate of drug-likeness (QED) is 0.171. The van der Waals surface area contributed by atoms with Crippen molar-refractivity contribution in [2.24, 2.45) is 0 Å². The summed E-state index contributed by atoms with van der Waals surface area (Å²) in [5, 5.41) is 2.49. The molecule has 0 saturated carbocycles. The molecule has 12 aromatic carbocycles. The molecular weight excluding hydrogens is 927 g/mol. The Morgan fingerprint density at radius 3 is 1.37 bits per heavy atom. The van der Waals surface area contributed by atoms with Crippen molar-refractivity contribution in [1.29, 1.82) is 0 Å². The first-order valence-electron chi connectivity index (χ1n) is 25.9. The monoisotopic (exact) mass is 971 g/mol. The van der Waals surface area contributed by atoms with Gasteiger partial charge in [0.1, 0.15) is 11.5 Å². The van der Waals surface area contributed by atoms with E-state index in [9.17, 15) is 0 Å². The molecule has 2 spiro atoms. The van der Waals surface area contributed by atoms with E-state index >= 15 is 0 Å². The van der Waals surface area contributed by atoms with Crippen molar-refractivity contribution in [1.82, 2.24) is 0 Å². The third kappa shape index (κ3) is 5.93. The van der Waals surface area contributed by atoms with Gasteiger partial charge in [0.25, 0.3) is 0 Å². The van der Waals surface area contributed by atoms with Gasteiger partial charge in [-0.1, -0.05) is 218 Å². The SMILES string of the molecule is c1ccc(-c2ccc(-c3ccccc3N(c3ccc4c(c3)C3(c5ccccc5Oc5ccccc53)c3ccccc3-4)c3ccc4c(c3)C3(c5ccccc5Sc5ccccc53)c3cc5ccccc5cc3-4)cc2)cc1. The van der Waals surface area contributed by atoms with Crippen LogP contribution in [0.4, 0.5) is 17.1 Å². The Hall–Kier alpha value is -9.15. The molecule has 2 heterocycles. The molecule has 0 N–H and O–H groups in total. The van der Waals surface area contributed by atoms with Crippen LogP contribution in [-0.2, 0) is 10.8 Å². The maximum absolute atomic E-state index is 6.80. The number of para-hydroxylation sites is 3. The number of nitrogens with zero attached hydrogens (tertiary/aromatic N) is 1. The summed E-state index contributed by atoms with van der Waals surface area (Å²) < 4.78 is 6.80. The van der Waals surface area contributed by atoms with Crippen molar-refractivity contribution >= 4 is 39.6 Å². The summed E-state index contributed by atoms with van der Waals surface area (Å²) in [7, 11) is 0. The topological polar surface area (TPSA) is 12.5 Å². The van der Waals surface area contributed by atoms with E-state index in [1.54, 1.807) is 0 Å². The predicted molar refractivity (Wildman–Crippen MR) is 308 cm³/mol. The highest BCUT2D eigenvalue weighted by molar-refractivity contribution is 7.99. The van der Waals surface area contributed by atoms with Crippen LogP contribution < -0.4 is 9.64 Å². The van der Waals surface area contributed by atoms with Gasteiger partial charge in [-0.3, -0.25) is 0 Å². The summed E-state index contributed by atoms with van der Waals surface area (Å²) in [4.78, 5) is 5.11. The molecule has 0 fully saturated rings. The molecule has 0 atom stereocenters. The molecule has 2 aliphatic carbocycles. The third-order valence-corrected chi connectivity index (χ3v) is 17.7. The van der Waals surface area contributed by atoms with Crippen LogP contribution in [0.15, 0.2) is 283 Å². The van der Waals surface area contributed by atoms with Gasteiger partial charge < -0.3 is 9.64 Å². The zero-order valence-electron chi connectivity index (χ0n) is 40.7. The molecule has 0 bridgehead atoms. The molecule has 0 aromatic heterocycles. The zero-order valence-corrected chi connectivity index (χ0v) is 41.6. The molecule has 0 amide bonds. The molecule has 75 heavy (non-hydrogen) atoms. The van der Waals surface area contributed by atoms with Gasteiger partial charge in [-0.05, 0) is 150 Å². The van der Waals surface area contributed by atoms with E-state index < -0.39 is 10.8 Å². The summed E-state index contributed by atoms with van der Waals surface area (Å²) in [5.41, 5.74) is 21.8. The molecule has 0 radical (unpaired) electrons. The fourth-order valence-corrected chi connectivity index (χ4v) is 14.7. The average Bonchev–Trinajstić information content (AvgIpc) is 3.96. The Balaban J connectivity index is 0.985. The number of ether oxygens (including phenoxy) is 1. The van der Waals surface area contributed by atoms with Crippen molar-refractivity contribution in [2.45, 2.75) is 20.6 Å². The minimum Gasteiger partial charge on any atom is -0.457 e. The smallest absolute Gasteiger partial charge is 0.132 e. The van der Waals surface area contributed by atoms with Gasteiger partial charge >= 0.3 is 0 Å². The van der Waals surface area contributed by atoms with Gasteiger partial charge in [0.2, 0.25) is 0 Å². The molecule has 0 saturated heterocycles. The maximum Gasteiger partial charge on any atom is 0.132 e. The molecule has 0 unspecified atom stereocenters. The lowest BCUT2D eigenvalue weighted by molar-refractivity contribution is 0.436. The van der Waals surface area contributed by atoms with Crippen molar-refractivity contribution < 1.29 is 4.74 Å². The van der Waals surface area contributed by atoms with Crippen LogP contribution in [0, 0.1) is 0 Å². The summed E-state index contributed by atoms with van der Waals surface area (Å²) in [5.74, 6) is 1.76. The van der Waals surface area contributed by atoms with Crippen LogP contribution in [0.3, 0.4) is 0 Å². The van der Waals surface area contributed by atoms with Gasteiger partial charge in [0, 0.05) is 37.9 Å². The van der Waals surface area contributed by atoms with E-state index in [2.05, 4.69) is 278 Å². The maximum atomic E-state index is 6.80. The van der Waals surface area contributed by atoms with E-state index in [0.29, 0.717) is 0 Å². The Bertz CT molecular complexity index is 4230. The molecule has 16 rings (SSSR count). The summed E-state index contributed by atoms with van der Waals surface area (Å²) in [6.45, 7) is 0. The van der Waals surface area contributed by atoms with Crippen LogP contribution >= 0.6 is 11.8 Å². The molecule has 12 aromatic rings. The molecule has 2 nitrogen and oxygen atoms in total. The first kappa shape index (κ1) is 42.4. The fourth-order valence-electron chi connectivity index (χ4n) is 13.5. The first-order valence-corrected chi connectivity index (χ1v) is 26.7. The Morgan fingerprint density at radius 1 is 0.280 bits per heavy atom. The third-order valence-electron chi connectivity index (χ3n) is 16.6. The van der Waals surface area contributed by atoms with Crippen LogP contribution in [0.5, 0.6) is 11.5 Å². The van der Waals surface area contributed by atoms with E-state index in [4.69, 9.17) is 4.74 Å². The van der Waals surface area contributed by atoms with E-state index in [1.165, 1.54) is 87.3 Å². The van der Waals surface area contributed by atoms with Crippen LogP contribution in [0.2, 0.25) is 0 Å². The number of anilines is 3. The number of rotatable bonds is 5. The lowest BCUT2D eigenvalue weighted by Gasteiger charge is -2.40. The van der Waals surface area contributed by atoms with Gasteiger partial charge in [0.15, 0.2) is 0 Å². The Morgan fingerprint density at radius 2 is 0.720 bits per heavy atom. The zero-order chi connectivity index (χ0) is 49.2. The lowest BCUT2D eigenvalue weighted by Crippen LogP contribution is -2.32. The van der Waals surface area contributed by atoms with Crippen molar-refractivity contribution in [3.8, 4) is 56.0 Å². The second kappa shape index (κ2) is 16.2. The summed E-state index contributed by atoms with van der Waals surface area (Å²) in [6.07, 6.45) is 0. The normalized spacial score (nSPS) is 14.1. The Kier molecular flexibility index (Phi) is 9.14. The molecule has 3 heteroatoms. The van der Waals surface area contributed by atoms with Gasteiger partial charge in [-0.25, -0.2) is 0 Å². The predicted octanol–water partition coefficient (Wildman–Crippen LogP) is 18.9. The van der Waals surface area contributed by atoms with E-state index in [0.717, 1.165) is 50.8 Å².